The van der Waals surface area contributed by atoms with Crippen molar-refractivity contribution < 1.29 is 0 Å². The van der Waals surface area contributed by atoms with Gasteiger partial charge in [0.25, 0.3) is 0 Å². The summed E-state index contributed by atoms with van der Waals surface area (Å²) >= 11 is 0. The summed E-state index contributed by atoms with van der Waals surface area (Å²) in [6.07, 6.45) is 0.849. The highest BCUT2D eigenvalue weighted by Crippen LogP contribution is 2.16. The molecule has 0 heterocycles. The first-order valence-corrected chi connectivity index (χ1v) is 4.39. The van der Waals surface area contributed by atoms with E-state index in [1.807, 2.05) is 19.1 Å². The third-order valence-electron chi connectivity index (χ3n) is 2.32. The van der Waals surface area contributed by atoms with Crippen LogP contribution in [0.1, 0.15) is 22.3 Å². The van der Waals surface area contributed by atoms with Gasteiger partial charge in [-0.1, -0.05) is 0 Å². The van der Waals surface area contributed by atoms with Crippen LogP contribution in [0.4, 0.5) is 0 Å². The van der Waals surface area contributed by atoms with Crippen molar-refractivity contribution in [1.29, 1.82) is 5.26 Å². The highest BCUT2D eigenvalue weighted by atomic mass is 14.5. The van der Waals surface area contributed by atoms with Crippen molar-refractivity contribution in [1.82, 2.24) is 0 Å². The quantitative estimate of drug-likeness (QED) is 0.741. The molecule has 2 nitrogen and oxygen atoms in total. The van der Waals surface area contributed by atoms with Crippen LogP contribution in [0, 0.1) is 25.2 Å². The zero-order valence-corrected chi connectivity index (χ0v) is 8.09. The van der Waals surface area contributed by atoms with E-state index < -0.39 is 0 Å². The molecule has 0 bridgehead atoms. The summed E-state index contributed by atoms with van der Waals surface area (Å²) in [6.45, 7) is 4.73. The van der Waals surface area contributed by atoms with Crippen LogP contribution in [0.2, 0.25) is 0 Å². The van der Waals surface area contributed by atoms with Crippen molar-refractivity contribution in [2.24, 2.45) is 5.73 Å². The maximum Gasteiger partial charge on any atom is 0.0991 e. The molecule has 68 valence electrons. The van der Waals surface area contributed by atoms with Gasteiger partial charge in [0.1, 0.15) is 0 Å². The smallest absolute Gasteiger partial charge is 0.0991 e. The largest absolute Gasteiger partial charge is 0.330 e. The van der Waals surface area contributed by atoms with E-state index in [9.17, 15) is 0 Å². The maximum absolute atomic E-state index is 8.76. The lowest BCUT2D eigenvalue weighted by Crippen LogP contribution is -2.05. The molecular weight excluding hydrogens is 160 g/mol. The second-order valence-electron chi connectivity index (χ2n) is 3.23. The van der Waals surface area contributed by atoms with Crippen molar-refractivity contribution in [2.45, 2.75) is 20.3 Å². The molecule has 0 aliphatic heterocycles. The molecule has 0 spiro atoms. The van der Waals surface area contributed by atoms with Gasteiger partial charge in [0, 0.05) is 0 Å². The van der Waals surface area contributed by atoms with Crippen LogP contribution < -0.4 is 5.73 Å². The molecule has 13 heavy (non-hydrogen) atoms. The molecule has 1 aromatic rings. The normalized spacial score (nSPS) is 9.69. The van der Waals surface area contributed by atoms with Crippen LogP contribution in [0.3, 0.4) is 0 Å². The van der Waals surface area contributed by atoms with Crippen LogP contribution in [-0.4, -0.2) is 6.54 Å². The predicted octanol–water partition coefficient (Wildman–Crippen LogP) is 1.68. The third-order valence-corrected chi connectivity index (χ3v) is 2.32. The third kappa shape index (κ3) is 2.07. The summed E-state index contributed by atoms with van der Waals surface area (Å²) in [7, 11) is 0. The van der Waals surface area contributed by atoms with Crippen LogP contribution >= 0.6 is 0 Å². The van der Waals surface area contributed by atoms with E-state index in [0.717, 1.165) is 12.0 Å². The van der Waals surface area contributed by atoms with Gasteiger partial charge in [0.15, 0.2) is 0 Å². The SMILES string of the molecule is Cc1cc(C#N)cc(CCN)c1C. The lowest BCUT2D eigenvalue weighted by atomic mass is 9.98. The molecule has 0 saturated carbocycles. The van der Waals surface area contributed by atoms with E-state index in [-0.39, 0.29) is 0 Å². The molecule has 0 atom stereocenters. The molecule has 1 aromatic carbocycles. The molecule has 2 heteroatoms. The molecule has 2 N–H and O–H groups in total. The minimum atomic E-state index is 0.634. The lowest BCUT2D eigenvalue weighted by Gasteiger charge is -2.07. The Hall–Kier alpha value is -1.33. The molecule has 0 radical (unpaired) electrons. The second-order valence-corrected chi connectivity index (χ2v) is 3.23. The Bertz CT molecular complexity index is 348. The topological polar surface area (TPSA) is 49.8 Å². The summed E-state index contributed by atoms with van der Waals surface area (Å²) in [4.78, 5) is 0. The van der Waals surface area contributed by atoms with Crippen molar-refractivity contribution >= 4 is 0 Å². The Morgan fingerprint density at radius 2 is 2.08 bits per heavy atom. The summed E-state index contributed by atoms with van der Waals surface area (Å²) in [5.41, 5.74) is 9.83. The zero-order valence-electron chi connectivity index (χ0n) is 8.09. The minimum Gasteiger partial charge on any atom is -0.330 e. The Kier molecular flexibility index (Phi) is 3.05. The van der Waals surface area contributed by atoms with Gasteiger partial charge in [-0.25, -0.2) is 0 Å². The summed E-state index contributed by atoms with van der Waals surface area (Å²) in [5.74, 6) is 0. The standard InChI is InChI=1S/C11H14N2/c1-8-5-10(7-13)6-11(3-4-12)9(8)2/h5-6H,3-4,12H2,1-2H3. The average molecular weight is 174 g/mol. The highest BCUT2D eigenvalue weighted by molar-refractivity contribution is 5.42. The van der Waals surface area contributed by atoms with E-state index in [4.69, 9.17) is 11.0 Å². The van der Waals surface area contributed by atoms with E-state index in [2.05, 4.69) is 13.0 Å². The van der Waals surface area contributed by atoms with E-state index >= 15 is 0 Å². The van der Waals surface area contributed by atoms with Gasteiger partial charge >= 0.3 is 0 Å². The first kappa shape index (κ1) is 9.76. The average Bonchev–Trinajstić information content (AvgIpc) is 2.13. The van der Waals surface area contributed by atoms with Gasteiger partial charge in [-0.05, 0) is 55.6 Å². The number of benzene rings is 1. The summed E-state index contributed by atoms with van der Waals surface area (Å²) in [6, 6.07) is 5.99. The number of hydrogen-bond donors (Lipinski definition) is 1. The van der Waals surface area contributed by atoms with Gasteiger partial charge in [-0.15, -0.1) is 0 Å². The van der Waals surface area contributed by atoms with Crippen LogP contribution in [-0.2, 0) is 6.42 Å². The number of hydrogen-bond acceptors (Lipinski definition) is 2. The van der Waals surface area contributed by atoms with Crippen molar-refractivity contribution in [2.75, 3.05) is 6.54 Å². The Labute approximate surface area is 79.0 Å². The van der Waals surface area contributed by atoms with Crippen molar-refractivity contribution in [3.8, 4) is 6.07 Å². The van der Waals surface area contributed by atoms with Crippen molar-refractivity contribution in [3.05, 3.63) is 34.4 Å². The highest BCUT2D eigenvalue weighted by Gasteiger charge is 2.02. The predicted molar refractivity (Wildman–Crippen MR) is 53.4 cm³/mol. The summed E-state index contributed by atoms with van der Waals surface area (Å²) in [5, 5.41) is 8.76. The summed E-state index contributed by atoms with van der Waals surface area (Å²) < 4.78 is 0. The Balaban J connectivity index is 3.18. The number of aryl methyl sites for hydroxylation is 1. The van der Waals surface area contributed by atoms with Gasteiger partial charge in [-0.2, -0.15) is 5.26 Å². The minimum absolute atomic E-state index is 0.634. The van der Waals surface area contributed by atoms with Crippen LogP contribution in [0.5, 0.6) is 0 Å². The number of nitriles is 1. The van der Waals surface area contributed by atoms with Gasteiger partial charge in [0.05, 0.1) is 11.6 Å². The first-order chi connectivity index (χ1) is 6.19. The maximum atomic E-state index is 8.76. The van der Waals surface area contributed by atoms with E-state index in [1.54, 1.807) is 0 Å². The molecule has 0 fully saturated rings. The molecular formula is C11H14N2. The van der Waals surface area contributed by atoms with Gasteiger partial charge in [-0.3, -0.25) is 0 Å². The number of rotatable bonds is 2. The molecule has 0 aromatic heterocycles. The monoisotopic (exact) mass is 174 g/mol. The molecule has 1 rings (SSSR count). The number of nitrogens with zero attached hydrogens (tertiary/aromatic N) is 1. The lowest BCUT2D eigenvalue weighted by molar-refractivity contribution is 0.953. The molecule has 0 amide bonds. The van der Waals surface area contributed by atoms with Crippen molar-refractivity contribution in [3.63, 3.8) is 0 Å². The van der Waals surface area contributed by atoms with Crippen LogP contribution in [0.15, 0.2) is 12.1 Å². The van der Waals surface area contributed by atoms with E-state index in [1.165, 1.54) is 16.7 Å². The van der Waals surface area contributed by atoms with Gasteiger partial charge < -0.3 is 5.73 Å². The fourth-order valence-electron chi connectivity index (χ4n) is 1.41. The molecule has 0 aliphatic carbocycles. The fourth-order valence-corrected chi connectivity index (χ4v) is 1.41. The Morgan fingerprint density at radius 3 is 2.62 bits per heavy atom. The van der Waals surface area contributed by atoms with E-state index in [0.29, 0.717) is 6.54 Å². The van der Waals surface area contributed by atoms with Crippen LogP contribution in [0.25, 0.3) is 0 Å². The zero-order chi connectivity index (χ0) is 9.84. The second kappa shape index (κ2) is 4.06. The number of nitrogens with two attached hydrogens (primary N) is 1. The molecule has 0 aliphatic rings. The first-order valence-electron chi connectivity index (χ1n) is 4.39. The fraction of sp³-hybridized carbons (Fsp3) is 0.364. The molecule has 0 unspecified atom stereocenters. The van der Waals surface area contributed by atoms with Gasteiger partial charge in [0.2, 0.25) is 0 Å². The molecule has 0 saturated heterocycles. The Morgan fingerprint density at radius 1 is 1.38 bits per heavy atom.